The zero-order valence-electron chi connectivity index (χ0n) is 23.0. The largest absolute Gasteiger partial charge is 0.493 e. The summed E-state index contributed by atoms with van der Waals surface area (Å²) < 4.78 is 17.7. The van der Waals surface area contributed by atoms with Gasteiger partial charge >= 0.3 is 0 Å². The standard InChI is InChI=1S/C31H36N4O5/c1-21-4-3-5-24(33-21)18-35-15-14-27-26(19-35)34-31(37)20-39-28-12-8-22(16-29(28)38-2)9-13-30(36)32-17-23-6-10-25(40-27)11-7-23/h3-8,10-12,16,26-27H,9,13-15,17-20H2,1-2H3,(H,32,36)(H,34,37)/t26-,27-/m1/s1. The van der Waals surface area contributed by atoms with Gasteiger partial charge in [0.1, 0.15) is 11.9 Å². The molecular weight excluding hydrogens is 508 g/mol. The number of piperidine rings is 1. The third kappa shape index (κ3) is 7.30. The number of carbonyl (C=O) groups is 2. The second-order valence-electron chi connectivity index (χ2n) is 10.3. The Bertz CT molecular complexity index is 1330. The van der Waals surface area contributed by atoms with E-state index < -0.39 is 0 Å². The van der Waals surface area contributed by atoms with Gasteiger partial charge in [-0.2, -0.15) is 0 Å². The maximum absolute atomic E-state index is 13.1. The van der Waals surface area contributed by atoms with Crippen molar-refractivity contribution in [3.63, 3.8) is 0 Å². The van der Waals surface area contributed by atoms with Crippen LogP contribution in [0, 0.1) is 6.92 Å². The molecule has 0 unspecified atom stereocenters. The average Bonchev–Trinajstić information content (AvgIpc) is 2.95. The van der Waals surface area contributed by atoms with E-state index >= 15 is 0 Å². The van der Waals surface area contributed by atoms with Crippen LogP contribution >= 0.6 is 0 Å². The first-order chi connectivity index (χ1) is 19.4. The molecule has 0 saturated carbocycles. The molecule has 9 heteroatoms. The molecule has 0 spiro atoms. The number of nitrogens with one attached hydrogen (secondary N) is 2. The van der Waals surface area contributed by atoms with Crippen molar-refractivity contribution in [2.24, 2.45) is 0 Å². The van der Waals surface area contributed by atoms with Crippen molar-refractivity contribution in [3.05, 3.63) is 83.2 Å². The zero-order valence-corrected chi connectivity index (χ0v) is 23.0. The molecule has 2 atom stereocenters. The van der Waals surface area contributed by atoms with Gasteiger partial charge in [0.15, 0.2) is 18.1 Å². The summed E-state index contributed by atoms with van der Waals surface area (Å²) in [5, 5.41) is 6.14. The molecule has 2 N–H and O–H groups in total. The summed E-state index contributed by atoms with van der Waals surface area (Å²) in [5.74, 6) is 1.46. The number of aromatic nitrogens is 1. The maximum atomic E-state index is 13.1. The van der Waals surface area contributed by atoms with Gasteiger partial charge in [-0.15, -0.1) is 0 Å². The Morgan fingerprint density at radius 1 is 1.02 bits per heavy atom. The molecule has 5 aliphatic heterocycles. The molecule has 0 aliphatic carbocycles. The molecule has 4 bridgehead atoms. The molecule has 3 aromatic rings. The molecular formula is C31H36N4O5. The number of ether oxygens (including phenoxy) is 3. The maximum Gasteiger partial charge on any atom is 0.258 e. The van der Waals surface area contributed by atoms with Crippen molar-refractivity contribution >= 4 is 11.8 Å². The Balaban J connectivity index is 1.35. The van der Waals surface area contributed by atoms with E-state index in [9.17, 15) is 9.59 Å². The van der Waals surface area contributed by atoms with Crippen LogP contribution < -0.4 is 24.8 Å². The van der Waals surface area contributed by atoms with Crippen molar-refractivity contribution in [3.8, 4) is 17.2 Å². The van der Waals surface area contributed by atoms with Crippen LogP contribution in [-0.4, -0.2) is 60.7 Å². The Kier molecular flexibility index (Phi) is 8.81. The highest BCUT2D eigenvalue weighted by Crippen LogP contribution is 2.29. The van der Waals surface area contributed by atoms with Crippen molar-refractivity contribution in [1.82, 2.24) is 20.5 Å². The minimum atomic E-state index is -0.247. The van der Waals surface area contributed by atoms with Gasteiger partial charge in [-0.3, -0.25) is 19.5 Å². The number of hydrogen-bond donors (Lipinski definition) is 2. The average molecular weight is 545 g/mol. The molecule has 210 valence electrons. The summed E-state index contributed by atoms with van der Waals surface area (Å²) in [4.78, 5) is 32.5. The number of rotatable bonds is 3. The number of benzene rings is 2. The normalized spacial score (nSPS) is 20.4. The molecule has 1 fully saturated rings. The lowest BCUT2D eigenvalue weighted by atomic mass is 10.0. The SMILES string of the molecule is COc1cc2ccc1OCC(=O)N[C@@H]1CN(Cc3cccc(C)n3)CC[C@H]1Oc1ccc(cc1)CNC(=O)CC2. The first-order valence-corrected chi connectivity index (χ1v) is 13.7. The molecule has 6 heterocycles. The minimum absolute atomic E-state index is 0.0267. The van der Waals surface area contributed by atoms with E-state index in [1.165, 1.54) is 0 Å². The van der Waals surface area contributed by atoms with Gasteiger partial charge in [-0.05, 0) is 67.3 Å². The first-order valence-electron chi connectivity index (χ1n) is 13.7. The molecule has 5 aliphatic rings. The van der Waals surface area contributed by atoms with Crippen LogP contribution in [0.25, 0.3) is 0 Å². The third-order valence-electron chi connectivity index (χ3n) is 7.24. The van der Waals surface area contributed by atoms with Gasteiger partial charge in [0.05, 0.1) is 18.8 Å². The van der Waals surface area contributed by atoms with E-state index in [0.29, 0.717) is 44.0 Å². The Morgan fingerprint density at radius 2 is 1.85 bits per heavy atom. The van der Waals surface area contributed by atoms with Gasteiger partial charge in [0.2, 0.25) is 5.91 Å². The fourth-order valence-corrected chi connectivity index (χ4v) is 5.12. The topological polar surface area (TPSA) is 102 Å². The lowest BCUT2D eigenvalue weighted by Gasteiger charge is -2.38. The number of hydrogen-bond acceptors (Lipinski definition) is 7. The molecule has 2 aromatic carbocycles. The number of amides is 2. The molecule has 1 aromatic heterocycles. The van der Waals surface area contributed by atoms with Crippen molar-refractivity contribution in [2.45, 2.75) is 51.4 Å². The number of carbonyl (C=O) groups excluding carboxylic acids is 2. The van der Waals surface area contributed by atoms with Gasteiger partial charge in [0.25, 0.3) is 5.91 Å². The smallest absolute Gasteiger partial charge is 0.258 e. The van der Waals surface area contributed by atoms with Gasteiger partial charge < -0.3 is 24.8 Å². The Morgan fingerprint density at radius 3 is 2.65 bits per heavy atom. The summed E-state index contributed by atoms with van der Waals surface area (Å²) >= 11 is 0. The first kappa shape index (κ1) is 27.5. The summed E-state index contributed by atoms with van der Waals surface area (Å²) in [6.45, 7) is 4.40. The van der Waals surface area contributed by atoms with Crippen LogP contribution in [0.3, 0.4) is 0 Å². The van der Waals surface area contributed by atoms with Crippen molar-refractivity contribution < 1.29 is 23.8 Å². The molecule has 9 nitrogen and oxygen atoms in total. The van der Waals surface area contributed by atoms with E-state index in [2.05, 4.69) is 20.5 Å². The number of nitrogens with zero attached hydrogens (tertiary/aromatic N) is 2. The summed E-state index contributed by atoms with van der Waals surface area (Å²) in [5.41, 5.74) is 3.92. The van der Waals surface area contributed by atoms with E-state index in [-0.39, 0.29) is 30.6 Å². The number of aryl methyl sites for hydroxylation is 2. The van der Waals surface area contributed by atoms with Gasteiger partial charge in [-0.25, -0.2) is 0 Å². The summed E-state index contributed by atoms with van der Waals surface area (Å²) in [7, 11) is 1.56. The van der Waals surface area contributed by atoms with Gasteiger partial charge in [-0.1, -0.05) is 24.3 Å². The minimum Gasteiger partial charge on any atom is -0.493 e. The molecule has 1 saturated heterocycles. The molecule has 0 radical (unpaired) electrons. The predicted octanol–water partition coefficient (Wildman–Crippen LogP) is 3.18. The monoisotopic (exact) mass is 544 g/mol. The van der Waals surface area contributed by atoms with E-state index in [4.69, 9.17) is 14.2 Å². The number of likely N-dealkylation sites (tertiary alicyclic amines) is 1. The molecule has 2 amide bonds. The summed E-state index contributed by atoms with van der Waals surface area (Å²) in [6, 6.07) is 19.0. The van der Waals surface area contributed by atoms with Crippen LogP contribution in [0.5, 0.6) is 17.2 Å². The predicted molar refractivity (Wildman–Crippen MR) is 150 cm³/mol. The fraction of sp³-hybridized carbons (Fsp3) is 0.387. The van der Waals surface area contributed by atoms with Crippen LogP contribution in [0.1, 0.15) is 35.4 Å². The second kappa shape index (κ2) is 12.8. The quantitative estimate of drug-likeness (QED) is 0.522. The third-order valence-corrected chi connectivity index (χ3v) is 7.24. The van der Waals surface area contributed by atoms with Crippen molar-refractivity contribution in [2.75, 3.05) is 26.8 Å². The Hall–Kier alpha value is -4.11. The highest BCUT2D eigenvalue weighted by atomic mass is 16.5. The zero-order chi connectivity index (χ0) is 27.9. The molecule has 8 rings (SSSR count). The van der Waals surface area contributed by atoms with E-state index in [0.717, 1.165) is 41.2 Å². The number of methoxy groups -OCH3 is 1. The van der Waals surface area contributed by atoms with Crippen molar-refractivity contribution in [1.29, 1.82) is 0 Å². The second-order valence-corrected chi connectivity index (χ2v) is 10.3. The van der Waals surface area contributed by atoms with Crippen LogP contribution in [0.2, 0.25) is 0 Å². The lowest BCUT2D eigenvalue weighted by Crippen LogP contribution is -2.57. The summed E-state index contributed by atoms with van der Waals surface area (Å²) in [6.07, 6.45) is 1.45. The van der Waals surface area contributed by atoms with Crippen LogP contribution in [0.15, 0.2) is 60.7 Å². The van der Waals surface area contributed by atoms with E-state index in [1.807, 2.05) is 61.5 Å². The number of pyridine rings is 1. The van der Waals surface area contributed by atoms with Crippen LogP contribution in [-0.2, 0) is 29.1 Å². The molecule has 40 heavy (non-hydrogen) atoms. The van der Waals surface area contributed by atoms with E-state index in [1.54, 1.807) is 13.2 Å². The lowest BCUT2D eigenvalue weighted by molar-refractivity contribution is -0.125. The highest BCUT2D eigenvalue weighted by molar-refractivity contribution is 5.78. The highest BCUT2D eigenvalue weighted by Gasteiger charge is 2.32. The van der Waals surface area contributed by atoms with Crippen LogP contribution in [0.4, 0.5) is 0 Å². The Labute approximate surface area is 234 Å². The fourth-order valence-electron chi connectivity index (χ4n) is 5.12. The van der Waals surface area contributed by atoms with Gasteiger partial charge in [0, 0.05) is 38.3 Å².